The molecule has 1 heterocycles. The van der Waals surface area contributed by atoms with Gasteiger partial charge in [-0.15, -0.1) is 0 Å². The van der Waals surface area contributed by atoms with Crippen molar-refractivity contribution in [2.75, 3.05) is 19.6 Å². The highest BCUT2D eigenvalue weighted by molar-refractivity contribution is 5.22. The van der Waals surface area contributed by atoms with Gasteiger partial charge in [0.25, 0.3) is 0 Å². The lowest BCUT2D eigenvalue weighted by atomic mass is 10.0. The Balaban J connectivity index is 1.95. The third-order valence-corrected chi connectivity index (χ3v) is 4.01. The monoisotopic (exact) mass is 246 g/mol. The number of aryl methyl sites for hydroxylation is 1. The minimum Gasteiger partial charge on any atom is -0.315 e. The van der Waals surface area contributed by atoms with E-state index in [2.05, 4.69) is 48.3 Å². The van der Waals surface area contributed by atoms with Crippen LogP contribution in [0.1, 0.15) is 37.8 Å². The molecule has 1 aromatic carbocycles. The molecule has 1 atom stereocenters. The standard InChI is InChI=1S/C16H26N2/c1-3-14-7-9-15(10-8-14)13-18(4-2)16-6-5-11-17-12-16/h7-10,16-17H,3-6,11-13H2,1-2H3. The number of hydrogen-bond acceptors (Lipinski definition) is 2. The SMILES string of the molecule is CCc1ccc(CN(CC)C2CCCNC2)cc1. The van der Waals surface area contributed by atoms with Gasteiger partial charge in [0.2, 0.25) is 0 Å². The fourth-order valence-corrected chi connectivity index (χ4v) is 2.76. The first kappa shape index (κ1) is 13.6. The number of rotatable bonds is 5. The van der Waals surface area contributed by atoms with Crippen molar-refractivity contribution in [3.63, 3.8) is 0 Å². The molecule has 2 nitrogen and oxygen atoms in total. The lowest BCUT2D eigenvalue weighted by Gasteiger charge is -2.34. The van der Waals surface area contributed by atoms with Gasteiger partial charge in [-0.3, -0.25) is 4.90 Å². The van der Waals surface area contributed by atoms with Crippen molar-refractivity contribution in [3.8, 4) is 0 Å². The van der Waals surface area contributed by atoms with Gasteiger partial charge in [-0.2, -0.15) is 0 Å². The van der Waals surface area contributed by atoms with E-state index in [4.69, 9.17) is 0 Å². The van der Waals surface area contributed by atoms with Crippen LogP contribution in [0.15, 0.2) is 24.3 Å². The molecule has 1 saturated heterocycles. The Morgan fingerprint density at radius 2 is 1.89 bits per heavy atom. The third-order valence-electron chi connectivity index (χ3n) is 4.01. The van der Waals surface area contributed by atoms with Crippen LogP contribution in [-0.2, 0) is 13.0 Å². The summed E-state index contributed by atoms with van der Waals surface area (Å²) in [6.45, 7) is 9.06. The lowest BCUT2D eigenvalue weighted by molar-refractivity contribution is 0.166. The predicted molar refractivity (Wildman–Crippen MR) is 77.8 cm³/mol. The molecular formula is C16H26N2. The van der Waals surface area contributed by atoms with Crippen molar-refractivity contribution in [3.05, 3.63) is 35.4 Å². The molecule has 1 N–H and O–H groups in total. The number of likely N-dealkylation sites (N-methyl/N-ethyl adjacent to an activating group) is 1. The van der Waals surface area contributed by atoms with Crippen LogP contribution < -0.4 is 5.32 Å². The van der Waals surface area contributed by atoms with Crippen molar-refractivity contribution < 1.29 is 0 Å². The molecule has 1 unspecified atom stereocenters. The molecule has 0 bridgehead atoms. The Labute approximate surface area is 111 Å². The van der Waals surface area contributed by atoms with E-state index in [1.54, 1.807) is 0 Å². The van der Waals surface area contributed by atoms with Crippen LogP contribution in [0.25, 0.3) is 0 Å². The van der Waals surface area contributed by atoms with Gasteiger partial charge in [0.1, 0.15) is 0 Å². The molecule has 0 aliphatic carbocycles. The van der Waals surface area contributed by atoms with E-state index in [0.29, 0.717) is 0 Å². The molecule has 1 aliphatic rings. The molecule has 100 valence electrons. The van der Waals surface area contributed by atoms with E-state index in [0.717, 1.165) is 32.1 Å². The molecule has 18 heavy (non-hydrogen) atoms. The van der Waals surface area contributed by atoms with E-state index >= 15 is 0 Å². The summed E-state index contributed by atoms with van der Waals surface area (Å²) in [5.74, 6) is 0. The Kier molecular flexibility index (Phi) is 5.21. The van der Waals surface area contributed by atoms with Gasteiger partial charge in [-0.25, -0.2) is 0 Å². The zero-order chi connectivity index (χ0) is 12.8. The van der Waals surface area contributed by atoms with Gasteiger partial charge in [0.15, 0.2) is 0 Å². The van der Waals surface area contributed by atoms with Gasteiger partial charge in [0, 0.05) is 19.1 Å². The zero-order valence-corrected chi connectivity index (χ0v) is 11.8. The van der Waals surface area contributed by atoms with Crippen LogP contribution in [0.5, 0.6) is 0 Å². The van der Waals surface area contributed by atoms with Gasteiger partial charge in [0.05, 0.1) is 0 Å². The highest BCUT2D eigenvalue weighted by atomic mass is 15.2. The van der Waals surface area contributed by atoms with E-state index in [1.165, 1.54) is 30.5 Å². The maximum Gasteiger partial charge on any atom is 0.0237 e. The maximum atomic E-state index is 3.51. The Hall–Kier alpha value is -0.860. The first-order valence-electron chi connectivity index (χ1n) is 7.36. The molecule has 0 radical (unpaired) electrons. The minimum absolute atomic E-state index is 0.717. The number of piperidine rings is 1. The first-order chi connectivity index (χ1) is 8.83. The summed E-state index contributed by atoms with van der Waals surface area (Å²) in [7, 11) is 0. The summed E-state index contributed by atoms with van der Waals surface area (Å²) in [4.78, 5) is 2.60. The Morgan fingerprint density at radius 1 is 1.17 bits per heavy atom. The second-order valence-corrected chi connectivity index (χ2v) is 5.23. The van der Waals surface area contributed by atoms with Crippen LogP contribution in [0.3, 0.4) is 0 Å². The fourth-order valence-electron chi connectivity index (χ4n) is 2.76. The second kappa shape index (κ2) is 6.91. The summed E-state index contributed by atoms with van der Waals surface area (Å²) in [5.41, 5.74) is 2.88. The van der Waals surface area contributed by atoms with Crippen molar-refractivity contribution in [2.24, 2.45) is 0 Å². The largest absolute Gasteiger partial charge is 0.315 e. The average Bonchev–Trinajstić information content (AvgIpc) is 2.46. The van der Waals surface area contributed by atoms with Crippen LogP contribution in [0.4, 0.5) is 0 Å². The number of hydrogen-bond donors (Lipinski definition) is 1. The lowest BCUT2D eigenvalue weighted by Crippen LogP contribution is -2.45. The molecule has 2 rings (SSSR count). The molecular weight excluding hydrogens is 220 g/mol. The summed E-state index contributed by atoms with van der Waals surface area (Å²) in [6, 6.07) is 9.83. The topological polar surface area (TPSA) is 15.3 Å². The number of nitrogens with zero attached hydrogens (tertiary/aromatic N) is 1. The predicted octanol–water partition coefficient (Wildman–Crippen LogP) is 2.82. The summed E-state index contributed by atoms with van der Waals surface area (Å²) in [5, 5.41) is 3.51. The maximum absolute atomic E-state index is 3.51. The van der Waals surface area contributed by atoms with Gasteiger partial charge in [-0.1, -0.05) is 38.1 Å². The summed E-state index contributed by atoms with van der Waals surface area (Å²) in [6.07, 6.45) is 3.79. The van der Waals surface area contributed by atoms with Crippen LogP contribution in [-0.4, -0.2) is 30.6 Å². The summed E-state index contributed by atoms with van der Waals surface area (Å²) >= 11 is 0. The van der Waals surface area contributed by atoms with Crippen molar-refractivity contribution in [1.82, 2.24) is 10.2 Å². The van der Waals surface area contributed by atoms with Crippen LogP contribution in [0, 0.1) is 0 Å². The van der Waals surface area contributed by atoms with E-state index in [9.17, 15) is 0 Å². The molecule has 1 aromatic rings. The molecule has 0 spiro atoms. The zero-order valence-electron chi connectivity index (χ0n) is 11.8. The number of nitrogens with one attached hydrogen (secondary N) is 1. The molecule has 1 aliphatic heterocycles. The van der Waals surface area contributed by atoms with Gasteiger partial charge < -0.3 is 5.32 Å². The van der Waals surface area contributed by atoms with E-state index < -0.39 is 0 Å². The number of benzene rings is 1. The fraction of sp³-hybridized carbons (Fsp3) is 0.625. The quantitative estimate of drug-likeness (QED) is 0.859. The van der Waals surface area contributed by atoms with Crippen LogP contribution >= 0.6 is 0 Å². The van der Waals surface area contributed by atoms with Gasteiger partial charge >= 0.3 is 0 Å². The molecule has 1 fully saturated rings. The normalized spacial score (nSPS) is 20.3. The highest BCUT2D eigenvalue weighted by Crippen LogP contribution is 2.14. The van der Waals surface area contributed by atoms with Crippen molar-refractivity contribution in [2.45, 2.75) is 45.7 Å². The molecule has 0 saturated carbocycles. The Morgan fingerprint density at radius 3 is 2.44 bits per heavy atom. The Bertz CT molecular complexity index is 339. The minimum atomic E-state index is 0.717. The average molecular weight is 246 g/mol. The van der Waals surface area contributed by atoms with E-state index in [1.807, 2.05) is 0 Å². The van der Waals surface area contributed by atoms with Gasteiger partial charge in [-0.05, 0) is 43.5 Å². The third kappa shape index (κ3) is 3.56. The summed E-state index contributed by atoms with van der Waals surface area (Å²) < 4.78 is 0. The first-order valence-corrected chi connectivity index (χ1v) is 7.36. The molecule has 0 amide bonds. The molecule has 2 heteroatoms. The van der Waals surface area contributed by atoms with E-state index in [-0.39, 0.29) is 0 Å². The molecule has 0 aromatic heterocycles. The smallest absolute Gasteiger partial charge is 0.0237 e. The second-order valence-electron chi connectivity index (χ2n) is 5.23. The van der Waals surface area contributed by atoms with Crippen molar-refractivity contribution in [1.29, 1.82) is 0 Å². The van der Waals surface area contributed by atoms with Crippen molar-refractivity contribution >= 4 is 0 Å². The highest BCUT2D eigenvalue weighted by Gasteiger charge is 2.19. The van der Waals surface area contributed by atoms with Crippen LogP contribution in [0.2, 0.25) is 0 Å².